The Labute approximate surface area is 141 Å². The molecule has 4 aromatic rings. The molecule has 118 valence electrons. The molecule has 9 heteroatoms. The van der Waals surface area contributed by atoms with Crippen LogP contribution in [0.15, 0.2) is 54.6 Å². The van der Waals surface area contributed by atoms with Crippen molar-refractivity contribution in [2.75, 3.05) is 0 Å². The molecule has 0 saturated carbocycles. The van der Waals surface area contributed by atoms with Crippen LogP contribution >= 0.6 is 11.6 Å². The van der Waals surface area contributed by atoms with Gasteiger partial charge in [-0.15, -0.1) is 15.3 Å². The number of hydrogen-bond acceptors (Lipinski definition) is 6. The van der Waals surface area contributed by atoms with Crippen LogP contribution in [0.25, 0.3) is 17.1 Å². The van der Waals surface area contributed by atoms with Crippen molar-refractivity contribution in [3.8, 4) is 17.1 Å². The summed E-state index contributed by atoms with van der Waals surface area (Å²) in [5, 5.41) is 24.9. The number of hydrogen-bond donors (Lipinski definition) is 0. The SMILES string of the molecule is Clc1ccc(-c2nnn(Cc3nnnn3-c3ccccc3)n2)cc1. The Kier molecular flexibility index (Phi) is 3.72. The molecule has 0 saturated heterocycles. The van der Waals surface area contributed by atoms with Crippen LogP contribution in [-0.4, -0.2) is 40.4 Å². The smallest absolute Gasteiger partial charge is 0.195 e. The number of tetrazole rings is 2. The van der Waals surface area contributed by atoms with Gasteiger partial charge in [-0.2, -0.15) is 9.48 Å². The zero-order valence-electron chi connectivity index (χ0n) is 12.4. The van der Waals surface area contributed by atoms with Gasteiger partial charge in [-0.3, -0.25) is 0 Å². The highest BCUT2D eigenvalue weighted by molar-refractivity contribution is 6.30. The topological polar surface area (TPSA) is 87.2 Å². The van der Waals surface area contributed by atoms with E-state index >= 15 is 0 Å². The molecule has 0 aliphatic rings. The highest BCUT2D eigenvalue weighted by atomic mass is 35.5. The summed E-state index contributed by atoms with van der Waals surface area (Å²) in [5.74, 6) is 1.13. The molecule has 0 fully saturated rings. The Morgan fingerprint density at radius 3 is 2.46 bits per heavy atom. The third kappa shape index (κ3) is 2.86. The first-order valence-electron chi connectivity index (χ1n) is 7.16. The first kappa shape index (κ1) is 14.5. The summed E-state index contributed by atoms with van der Waals surface area (Å²) in [6, 6.07) is 16.9. The summed E-state index contributed by atoms with van der Waals surface area (Å²) in [4.78, 5) is 1.45. The third-order valence-corrected chi connectivity index (χ3v) is 3.62. The molecule has 24 heavy (non-hydrogen) atoms. The highest BCUT2D eigenvalue weighted by Gasteiger charge is 2.12. The van der Waals surface area contributed by atoms with E-state index in [2.05, 4.69) is 30.9 Å². The van der Waals surface area contributed by atoms with Crippen LogP contribution in [-0.2, 0) is 6.54 Å². The minimum Gasteiger partial charge on any atom is -0.195 e. The maximum absolute atomic E-state index is 5.89. The molecule has 2 aromatic heterocycles. The Hall–Kier alpha value is -3.13. The fraction of sp³-hybridized carbons (Fsp3) is 0.0667. The molecule has 0 spiro atoms. The zero-order valence-corrected chi connectivity index (χ0v) is 13.1. The van der Waals surface area contributed by atoms with Crippen molar-refractivity contribution in [3.63, 3.8) is 0 Å². The zero-order chi connectivity index (χ0) is 16.4. The van der Waals surface area contributed by atoms with Crippen LogP contribution in [0.5, 0.6) is 0 Å². The van der Waals surface area contributed by atoms with Crippen molar-refractivity contribution in [2.45, 2.75) is 6.54 Å². The molecule has 0 bridgehead atoms. The van der Waals surface area contributed by atoms with Crippen molar-refractivity contribution >= 4 is 11.6 Å². The van der Waals surface area contributed by atoms with Crippen molar-refractivity contribution in [3.05, 3.63) is 65.4 Å². The third-order valence-electron chi connectivity index (χ3n) is 3.37. The molecule has 2 heterocycles. The number of benzene rings is 2. The van der Waals surface area contributed by atoms with Gasteiger partial charge in [0.25, 0.3) is 0 Å². The second-order valence-electron chi connectivity index (χ2n) is 4.99. The van der Waals surface area contributed by atoms with Gasteiger partial charge in [0, 0.05) is 10.6 Å². The standard InChI is InChI=1S/C15H11ClN8/c16-12-8-6-11(7-9-12)15-18-21-23(19-15)10-14-17-20-22-24(14)13-4-2-1-3-5-13/h1-9H,10H2. The quantitative estimate of drug-likeness (QED) is 0.565. The lowest BCUT2D eigenvalue weighted by molar-refractivity contribution is 0.545. The molecular formula is C15H11ClN8. The summed E-state index contributed by atoms with van der Waals surface area (Å²) in [6.45, 7) is 0.308. The van der Waals surface area contributed by atoms with E-state index in [-0.39, 0.29) is 0 Å². The lowest BCUT2D eigenvalue weighted by Crippen LogP contribution is -2.11. The normalized spacial score (nSPS) is 10.9. The average molecular weight is 339 g/mol. The second kappa shape index (κ2) is 6.17. The van der Waals surface area contributed by atoms with Crippen LogP contribution in [0, 0.1) is 0 Å². The van der Waals surface area contributed by atoms with Gasteiger partial charge in [0.1, 0.15) is 6.54 Å². The highest BCUT2D eigenvalue weighted by Crippen LogP contribution is 2.17. The van der Waals surface area contributed by atoms with E-state index in [1.165, 1.54) is 4.80 Å². The van der Waals surface area contributed by atoms with E-state index in [1.54, 1.807) is 16.8 Å². The van der Waals surface area contributed by atoms with Crippen molar-refractivity contribution in [1.29, 1.82) is 0 Å². The number of rotatable bonds is 4. The molecule has 0 N–H and O–H groups in total. The summed E-state index contributed by atoms with van der Waals surface area (Å²) in [7, 11) is 0. The summed E-state index contributed by atoms with van der Waals surface area (Å²) in [6.07, 6.45) is 0. The minimum absolute atomic E-state index is 0.308. The monoisotopic (exact) mass is 338 g/mol. The van der Waals surface area contributed by atoms with E-state index in [1.807, 2.05) is 42.5 Å². The first-order valence-corrected chi connectivity index (χ1v) is 7.54. The second-order valence-corrected chi connectivity index (χ2v) is 5.43. The molecule has 0 aliphatic carbocycles. The van der Waals surface area contributed by atoms with Crippen LogP contribution in [0.1, 0.15) is 5.82 Å². The Morgan fingerprint density at radius 2 is 1.67 bits per heavy atom. The van der Waals surface area contributed by atoms with Gasteiger partial charge in [0.2, 0.25) is 5.82 Å². The lowest BCUT2D eigenvalue weighted by atomic mass is 10.2. The molecule has 0 aliphatic heterocycles. The van der Waals surface area contributed by atoms with E-state index in [9.17, 15) is 0 Å². The molecule has 8 nitrogen and oxygen atoms in total. The molecule has 2 aromatic carbocycles. The number of para-hydroxylation sites is 1. The number of nitrogens with zero attached hydrogens (tertiary/aromatic N) is 8. The van der Waals surface area contributed by atoms with Crippen LogP contribution in [0.4, 0.5) is 0 Å². The van der Waals surface area contributed by atoms with E-state index in [0.29, 0.717) is 23.2 Å². The van der Waals surface area contributed by atoms with E-state index in [0.717, 1.165) is 11.3 Å². The van der Waals surface area contributed by atoms with Crippen LogP contribution in [0.2, 0.25) is 5.02 Å². The number of halogens is 1. The van der Waals surface area contributed by atoms with E-state index in [4.69, 9.17) is 11.6 Å². The Balaban J connectivity index is 1.59. The Morgan fingerprint density at radius 1 is 0.875 bits per heavy atom. The van der Waals surface area contributed by atoms with Gasteiger partial charge < -0.3 is 0 Å². The van der Waals surface area contributed by atoms with Gasteiger partial charge in [-0.1, -0.05) is 29.8 Å². The maximum atomic E-state index is 5.89. The van der Waals surface area contributed by atoms with Gasteiger partial charge in [0.15, 0.2) is 5.82 Å². The fourth-order valence-corrected chi connectivity index (χ4v) is 2.35. The first-order chi connectivity index (χ1) is 11.8. The average Bonchev–Trinajstić information content (AvgIpc) is 3.26. The fourth-order valence-electron chi connectivity index (χ4n) is 2.23. The molecule has 0 amide bonds. The lowest BCUT2D eigenvalue weighted by Gasteiger charge is -2.02. The molecule has 0 unspecified atom stereocenters. The van der Waals surface area contributed by atoms with Crippen molar-refractivity contribution in [2.24, 2.45) is 0 Å². The molecule has 4 rings (SSSR count). The van der Waals surface area contributed by atoms with Crippen LogP contribution < -0.4 is 0 Å². The summed E-state index contributed by atoms with van der Waals surface area (Å²) >= 11 is 5.89. The largest absolute Gasteiger partial charge is 0.204 e. The predicted octanol–water partition coefficient (Wildman–Crippen LogP) is 2.02. The number of aromatic nitrogens is 8. The van der Waals surface area contributed by atoms with E-state index < -0.39 is 0 Å². The molecule has 0 radical (unpaired) electrons. The van der Waals surface area contributed by atoms with Gasteiger partial charge in [-0.05, 0) is 52.0 Å². The summed E-state index contributed by atoms with van der Waals surface area (Å²) in [5.41, 5.74) is 1.71. The minimum atomic E-state index is 0.308. The summed E-state index contributed by atoms with van der Waals surface area (Å²) < 4.78 is 1.64. The van der Waals surface area contributed by atoms with Crippen LogP contribution in [0.3, 0.4) is 0 Å². The van der Waals surface area contributed by atoms with Gasteiger partial charge in [0.05, 0.1) is 5.69 Å². The maximum Gasteiger partial charge on any atom is 0.204 e. The molecular weight excluding hydrogens is 328 g/mol. The van der Waals surface area contributed by atoms with Crippen molar-refractivity contribution in [1.82, 2.24) is 40.4 Å². The predicted molar refractivity (Wildman–Crippen MR) is 86.5 cm³/mol. The van der Waals surface area contributed by atoms with Crippen molar-refractivity contribution < 1.29 is 0 Å². The van der Waals surface area contributed by atoms with Gasteiger partial charge >= 0.3 is 0 Å². The Bertz CT molecular complexity index is 945. The molecule has 0 atom stereocenters. The van der Waals surface area contributed by atoms with Gasteiger partial charge in [-0.25, -0.2) is 0 Å².